The zero-order chi connectivity index (χ0) is 23.3. The van der Waals surface area contributed by atoms with Crippen LogP contribution in [0.25, 0.3) is 0 Å². The van der Waals surface area contributed by atoms with Crippen molar-refractivity contribution in [3.8, 4) is 17.2 Å². The molecule has 2 rings (SSSR count). The van der Waals surface area contributed by atoms with Gasteiger partial charge in [-0.3, -0.25) is 9.59 Å². The maximum Gasteiger partial charge on any atom is 0.261 e. The van der Waals surface area contributed by atoms with Gasteiger partial charge < -0.3 is 24.4 Å². The predicted octanol–water partition coefficient (Wildman–Crippen LogP) is 3.81. The molecule has 0 aliphatic carbocycles. The number of nitrogens with one attached hydrogen (secondary N) is 1. The van der Waals surface area contributed by atoms with E-state index in [-0.39, 0.29) is 25.0 Å². The molecule has 7 heteroatoms. The van der Waals surface area contributed by atoms with Gasteiger partial charge in [0.1, 0.15) is 11.8 Å². The van der Waals surface area contributed by atoms with Crippen molar-refractivity contribution in [3.63, 3.8) is 0 Å². The SMILES string of the molecule is CCCCNC(=O)[C@H](CC)N(Cc1cccc(OC)c1)C(=O)COc1ccccc1OC. The van der Waals surface area contributed by atoms with E-state index < -0.39 is 6.04 Å². The second kappa shape index (κ2) is 13.2. The van der Waals surface area contributed by atoms with Gasteiger partial charge in [0.2, 0.25) is 5.91 Å². The van der Waals surface area contributed by atoms with Crippen LogP contribution in [0.5, 0.6) is 17.2 Å². The lowest BCUT2D eigenvalue weighted by molar-refractivity contribution is -0.143. The Hall–Kier alpha value is -3.22. The molecule has 2 amide bonds. The Morgan fingerprint density at radius 3 is 2.41 bits per heavy atom. The average molecular weight is 443 g/mol. The lowest BCUT2D eigenvalue weighted by Gasteiger charge is -2.30. The Balaban J connectivity index is 2.22. The molecule has 0 saturated carbocycles. The Kier molecular flexibility index (Phi) is 10.4. The number of rotatable bonds is 13. The molecule has 1 atom stereocenters. The van der Waals surface area contributed by atoms with Gasteiger partial charge in [0.25, 0.3) is 5.91 Å². The molecule has 7 nitrogen and oxygen atoms in total. The summed E-state index contributed by atoms with van der Waals surface area (Å²) >= 11 is 0. The Labute approximate surface area is 190 Å². The number of carbonyl (C=O) groups is 2. The minimum atomic E-state index is -0.605. The Bertz CT molecular complexity index is 871. The van der Waals surface area contributed by atoms with Crippen LogP contribution in [0.1, 0.15) is 38.7 Å². The van der Waals surface area contributed by atoms with Gasteiger partial charge in [-0.1, -0.05) is 44.5 Å². The van der Waals surface area contributed by atoms with Crippen LogP contribution in [0.2, 0.25) is 0 Å². The van der Waals surface area contributed by atoms with E-state index in [0.29, 0.717) is 30.2 Å². The van der Waals surface area contributed by atoms with E-state index in [1.165, 1.54) is 0 Å². The lowest BCUT2D eigenvalue weighted by Crippen LogP contribution is -2.50. The summed E-state index contributed by atoms with van der Waals surface area (Å²) in [4.78, 5) is 27.7. The molecule has 0 aliphatic heterocycles. The van der Waals surface area contributed by atoms with Crippen molar-refractivity contribution in [1.82, 2.24) is 10.2 Å². The lowest BCUT2D eigenvalue weighted by atomic mass is 10.1. The minimum absolute atomic E-state index is 0.158. The first kappa shape index (κ1) is 25.0. The van der Waals surface area contributed by atoms with E-state index in [9.17, 15) is 9.59 Å². The summed E-state index contributed by atoms with van der Waals surface area (Å²) in [6, 6.07) is 14.0. The Morgan fingerprint density at radius 2 is 1.75 bits per heavy atom. The molecule has 1 N–H and O–H groups in total. The first-order valence-electron chi connectivity index (χ1n) is 11.0. The molecular formula is C25H34N2O5. The van der Waals surface area contributed by atoms with Gasteiger partial charge in [-0.25, -0.2) is 0 Å². The second-order valence-electron chi connectivity index (χ2n) is 7.38. The van der Waals surface area contributed by atoms with Crippen molar-refractivity contribution in [1.29, 1.82) is 0 Å². The number of hydrogen-bond donors (Lipinski definition) is 1. The molecule has 0 aromatic heterocycles. The molecule has 0 spiro atoms. The summed E-state index contributed by atoms with van der Waals surface area (Å²) in [5.74, 6) is 1.28. The fraction of sp³-hybridized carbons (Fsp3) is 0.440. The standard InChI is InChI=1S/C25H34N2O5/c1-5-7-15-26-25(29)21(6-2)27(17-19-11-10-12-20(16-19)30-3)24(28)18-32-23-14-9-8-13-22(23)31-4/h8-14,16,21H,5-7,15,17-18H2,1-4H3,(H,26,29)/t21-/m0/s1. The highest BCUT2D eigenvalue weighted by atomic mass is 16.5. The van der Waals surface area contributed by atoms with Gasteiger partial charge in [-0.05, 0) is 42.7 Å². The molecule has 0 aliphatic rings. The number of carbonyl (C=O) groups excluding carboxylic acids is 2. The number of amides is 2. The fourth-order valence-electron chi connectivity index (χ4n) is 3.35. The molecule has 0 bridgehead atoms. The zero-order valence-corrected chi connectivity index (χ0v) is 19.4. The Morgan fingerprint density at radius 1 is 1.00 bits per heavy atom. The van der Waals surface area contributed by atoms with Crippen LogP contribution in [-0.4, -0.2) is 50.1 Å². The summed E-state index contributed by atoms with van der Waals surface area (Å²) in [7, 11) is 3.14. The van der Waals surface area contributed by atoms with E-state index in [2.05, 4.69) is 12.2 Å². The van der Waals surface area contributed by atoms with Crippen molar-refractivity contribution in [2.24, 2.45) is 0 Å². The van der Waals surface area contributed by atoms with Crippen LogP contribution >= 0.6 is 0 Å². The number of benzene rings is 2. The third-order valence-electron chi connectivity index (χ3n) is 5.12. The predicted molar refractivity (Wildman–Crippen MR) is 124 cm³/mol. The van der Waals surface area contributed by atoms with Crippen molar-refractivity contribution in [2.45, 2.75) is 45.7 Å². The highest BCUT2D eigenvalue weighted by molar-refractivity contribution is 5.88. The minimum Gasteiger partial charge on any atom is -0.497 e. The molecule has 0 unspecified atom stereocenters. The molecule has 0 radical (unpaired) electrons. The van der Waals surface area contributed by atoms with E-state index in [0.717, 1.165) is 18.4 Å². The zero-order valence-electron chi connectivity index (χ0n) is 19.4. The van der Waals surface area contributed by atoms with E-state index in [1.807, 2.05) is 43.3 Å². The van der Waals surface area contributed by atoms with Crippen LogP contribution in [0.3, 0.4) is 0 Å². The first-order chi connectivity index (χ1) is 15.5. The summed E-state index contributed by atoms with van der Waals surface area (Å²) in [5, 5.41) is 2.95. The quantitative estimate of drug-likeness (QED) is 0.478. The molecular weight excluding hydrogens is 408 g/mol. The van der Waals surface area contributed by atoms with E-state index in [4.69, 9.17) is 14.2 Å². The average Bonchev–Trinajstić information content (AvgIpc) is 2.82. The highest BCUT2D eigenvalue weighted by Gasteiger charge is 2.29. The molecule has 2 aromatic carbocycles. The summed E-state index contributed by atoms with van der Waals surface area (Å²) in [6.07, 6.45) is 2.36. The third-order valence-corrected chi connectivity index (χ3v) is 5.12. The van der Waals surface area contributed by atoms with Crippen LogP contribution in [-0.2, 0) is 16.1 Å². The first-order valence-corrected chi connectivity index (χ1v) is 11.0. The maximum absolute atomic E-state index is 13.3. The number of ether oxygens (including phenoxy) is 3. The van der Waals surface area contributed by atoms with Crippen LogP contribution in [0.4, 0.5) is 0 Å². The van der Waals surface area contributed by atoms with Crippen molar-refractivity contribution in [3.05, 3.63) is 54.1 Å². The monoisotopic (exact) mass is 442 g/mol. The van der Waals surface area contributed by atoms with Gasteiger partial charge in [0.15, 0.2) is 18.1 Å². The number of nitrogens with zero attached hydrogens (tertiary/aromatic N) is 1. The van der Waals surface area contributed by atoms with Crippen molar-refractivity contribution in [2.75, 3.05) is 27.4 Å². The van der Waals surface area contributed by atoms with E-state index >= 15 is 0 Å². The molecule has 174 valence electrons. The van der Waals surface area contributed by atoms with Gasteiger partial charge in [-0.2, -0.15) is 0 Å². The van der Waals surface area contributed by atoms with Crippen molar-refractivity contribution >= 4 is 11.8 Å². The van der Waals surface area contributed by atoms with Gasteiger partial charge in [0.05, 0.1) is 14.2 Å². The van der Waals surface area contributed by atoms with Gasteiger partial charge >= 0.3 is 0 Å². The summed E-state index contributed by atoms with van der Waals surface area (Å²) < 4.78 is 16.4. The molecule has 2 aromatic rings. The summed E-state index contributed by atoms with van der Waals surface area (Å²) in [5.41, 5.74) is 0.870. The van der Waals surface area contributed by atoms with Crippen molar-refractivity contribution < 1.29 is 23.8 Å². The maximum atomic E-state index is 13.3. The number of hydrogen-bond acceptors (Lipinski definition) is 5. The largest absolute Gasteiger partial charge is 0.497 e. The highest BCUT2D eigenvalue weighted by Crippen LogP contribution is 2.26. The normalized spacial score (nSPS) is 11.4. The molecule has 0 heterocycles. The molecule has 0 fully saturated rings. The van der Waals surface area contributed by atoms with Crippen LogP contribution < -0.4 is 19.5 Å². The topological polar surface area (TPSA) is 77.1 Å². The number of para-hydroxylation sites is 2. The van der Waals surface area contributed by atoms with Crippen LogP contribution in [0, 0.1) is 0 Å². The number of methoxy groups -OCH3 is 2. The smallest absolute Gasteiger partial charge is 0.261 e. The molecule has 0 saturated heterocycles. The molecule has 32 heavy (non-hydrogen) atoms. The number of unbranched alkanes of at least 4 members (excludes halogenated alkanes) is 1. The van der Waals surface area contributed by atoms with Crippen LogP contribution in [0.15, 0.2) is 48.5 Å². The third kappa shape index (κ3) is 7.18. The van der Waals surface area contributed by atoms with E-state index in [1.54, 1.807) is 31.3 Å². The van der Waals surface area contributed by atoms with Gasteiger partial charge in [0, 0.05) is 13.1 Å². The fourth-order valence-corrected chi connectivity index (χ4v) is 3.35. The van der Waals surface area contributed by atoms with Gasteiger partial charge in [-0.15, -0.1) is 0 Å². The second-order valence-corrected chi connectivity index (χ2v) is 7.38. The summed E-state index contributed by atoms with van der Waals surface area (Å²) in [6.45, 7) is 4.62.